The quantitative estimate of drug-likeness (QED) is 0.701. The summed E-state index contributed by atoms with van der Waals surface area (Å²) < 4.78 is 4.76. The lowest BCUT2D eigenvalue weighted by Gasteiger charge is -2.30. The minimum atomic E-state index is -1.41. The second-order valence-electron chi connectivity index (χ2n) is 4.59. The number of imide groups is 1. The number of nitrogens with zero attached hydrogens (tertiary/aromatic N) is 1. The van der Waals surface area contributed by atoms with E-state index in [-0.39, 0.29) is 6.61 Å². The number of ether oxygens (including phenoxy) is 1. The van der Waals surface area contributed by atoms with E-state index >= 15 is 0 Å². The van der Waals surface area contributed by atoms with Gasteiger partial charge in [-0.25, -0.2) is 0 Å². The lowest BCUT2D eigenvalue weighted by molar-refractivity contribution is -0.159. The highest BCUT2D eigenvalue weighted by molar-refractivity contribution is 5.96. The van der Waals surface area contributed by atoms with Gasteiger partial charge in [0.05, 0.1) is 6.61 Å². The Kier molecular flexibility index (Phi) is 5.28. The van der Waals surface area contributed by atoms with Crippen molar-refractivity contribution in [2.75, 3.05) is 13.7 Å². The predicted molar refractivity (Wildman–Crippen MR) is 59.9 cm³/mol. The summed E-state index contributed by atoms with van der Waals surface area (Å²) in [6.45, 7) is 5.52. The van der Waals surface area contributed by atoms with Gasteiger partial charge in [-0.3, -0.25) is 19.3 Å². The number of amides is 2. The molecule has 0 saturated carbocycles. The van der Waals surface area contributed by atoms with Gasteiger partial charge >= 0.3 is 5.97 Å². The van der Waals surface area contributed by atoms with Crippen LogP contribution in [0.1, 0.15) is 27.7 Å². The van der Waals surface area contributed by atoms with Crippen LogP contribution in [0, 0.1) is 5.41 Å². The third-order valence-corrected chi connectivity index (χ3v) is 2.42. The highest BCUT2D eigenvalue weighted by Crippen LogP contribution is 2.22. The maximum atomic E-state index is 11.7. The molecule has 0 aromatic rings. The van der Waals surface area contributed by atoms with E-state index in [2.05, 4.69) is 0 Å². The first-order valence-electron chi connectivity index (χ1n) is 5.19. The van der Waals surface area contributed by atoms with Crippen molar-refractivity contribution in [3.05, 3.63) is 0 Å². The third kappa shape index (κ3) is 4.52. The summed E-state index contributed by atoms with van der Waals surface area (Å²) in [4.78, 5) is 34.2. The molecule has 1 N–H and O–H groups in total. The molecule has 6 heteroatoms. The maximum Gasteiger partial charge on any atom is 0.302 e. The molecule has 98 valence electrons. The second kappa shape index (κ2) is 5.77. The Morgan fingerprint density at radius 3 is 2.12 bits per heavy atom. The molecule has 0 rings (SSSR count). The van der Waals surface area contributed by atoms with Crippen LogP contribution in [0.4, 0.5) is 0 Å². The van der Waals surface area contributed by atoms with Gasteiger partial charge in [-0.1, -0.05) is 13.8 Å². The first-order chi connectivity index (χ1) is 7.59. The van der Waals surface area contributed by atoms with Crippen LogP contribution in [0.3, 0.4) is 0 Å². The van der Waals surface area contributed by atoms with E-state index in [4.69, 9.17) is 4.74 Å². The number of carbonyl (C=O) groups excluding carboxylic acids is 3. The highest BCUT2D eigenvalue weighted by atomic mass is 16.5. The summed E-state index contributed by atoms with van der Waals surface area (Å²) in [5, 5.41) is 9.84. The Labute approximate surface area is 101 Å². The molecule has 0 unspecified atom stereocenters. The Hall–Kier alpha value is -1.43. The van der Waals surface area contributed by atoms with Crippen LogP contribution >= 0.6 is 0 Å². The SMILES string of the molecule is CC(=O)OCC(C)(C)[C@@H](O)C(=O)N(C)C(C)=O. The molecule has 0 radical (unpaired) electrons. The average molecular weight is 245 g/mol. The number of aliphatic hydroxyl groups is 1. The van der Waals surface area contributed by atoms with E-state index in [1.807, 2.05) is 0 Å². The summed E-state index contributed by atoms with van der Waals surface area (Å²) in [7, 11) is 1.29. The number of hydrogen-bond acceptors (Lipinski definition) is 5. The molecule has 0 saturated heterocycles. The minimum absolute atomic E-state index is 0.0962. The normalized spacial score (nSPS) is 12.8. The largest absolute Gasteiger partial charge is 0.465 e. The van der Waals surface area contributed by atoms with E-state index in [1.165, 1.54) is 20.9 Å². The van der Waals surface area contributed by atoms with E-state index < -0.39 is 29.3 Å². The molecule has 17 heavy (non-hydrogen) atoms. The van der Waals surface area contributed by atoms with Gasteiger partial charge in [-0.05, 0) is 0 Å². The van der Waals surface area contributed by atoms with Crippen molar-refractivity contribution in [3.63, 3.8) is 0 Å². The van der Waals surface area contributed by atoms with Crippen molar-refractivity contribution >= 4 is 17.8 Å². The summed E-state index contributed by atoms with van der Waals surface area (Å²) in [6, 6.07) is 0. The molecule has 2 amide bonds. The summed E-state index contributed by atoms with van der Waals surface area (Å²) >= 11 is 0. The number of aliphatic hydroxyl groups excluding tert-OH is 1. The van der Waals surface area contributed by atoms with Gasteiger partial charge in [0.2, 0.25) is 5.91 Å². The lowest BCUT2D eigenvalue weighted by Crippen LogP contribution is -2.48. The number of esters is 1. The molecule has 0 aliphatic carbocycles. The maximum absolute atomic E-state index is 11.7. The first-order valence-corrected chi connectivity index (χ1v) is 5.19. The number of hydrogen-bond donors (Lipinski definition) is 1. The van der Waals surface area contributed by atoms with Crippen LogP contribution in [0.2, 0.25) is 0 Å². The van der Waals surface area contributed by atoms with Crippen molar-refractivity contribution in [2.24, 2.45) is 5.41 Å². The molecule has 1 atom stereocenters. The van der Waals surface area contributed by atoms with Gasteiger partial charge in [0, 0.05) is 26.3 Å². The Balaban J connectivity index is 4.66. The zero-order valence-corrected chi connectivity index (χ0v) is 10.8. The van der Waals surface area contributed by atoms with Crippen LogP contribution < -0.4 is 0 Å². The van der Waals surface area contributed by atoms with Crippen molar-refractivity contribution in [2.45, 2.75) is 33.8 Å². The molecule has 0 aromatic heterocycles. The minimum Gasteiger partial charge on any atom is -0.465 e. The van der Waals surface area contributed by atoms with Crippen LogP contribution in [0.5, 0.6) is 0 Å². The smallest absolute Gasteiger partial charge is 0.302 e. The molecular weight excluding hydrogens is 226 g/mol. The predicted octanol–water partition coefficient (Wildman–Crippen LogP) is -0.0585. The van der Waals surface area contributed by atoms with Gasteiger partial charge < -0.3 is 9.84 Å². The molecule has 0 heterocycles. The van der Waals surface area contributed by atoms with Crippen LogP contribution in [-0.4, -0.2) is 47.5 Å². The fraction of sp³-hybridized carbons (Fsp3) is 0.727. The summed E-state index contributed by atoms with van der Waals surface area (Å²) in [5.74, 6) is -1.66. The second-order valence-corrected chi connectivity index (χ2v) is 4.59. The average Bonchev–Trinajstić information content (AvgIpc) is 2.23. The monoisotopic (exact) mass is 245 g/mol. The highest BCUT2D eigenvalue weighted by Gasteiger charge is 2.37. The van der Waals surface area contributed by atoms with Crippen LogP contribution in [0.15, 0.2) is 0 Å². The number of rotatable bonds is 4. The fourth-order valence-corrected chi connectivity index (χ4v) is 1.04. The zero-order chi connectivity index (χ0) is 13.8. The van der Waals surface area contributed by atoms with Crippen molar-refractivity contribution in [3.8, 4) is 0 Å². The summed E-state index contributed by atoms with van der Waals surface area (Å²) in [6.07, 6.45) is -1.41. The van der Waals surface area contributed by atoms with E-state index in [0.29, 0.717) is 0 Å². The van der Waals surface area contributed by atoms with Gasteiger partial charge in [0.25, 0.3) is 5.91 Å². The third-order valence-electron chi connectivity index (χ3n) is 2.42. The van der Waals surface area contributed by atoms with Crippen LogP contribution in [-0.2, 0) is 19.1 Å². The van der Waals surface area contributed by atoms with Gasteiger partial charge in [-0.2, -0.15) is 0 Å². The Morgan fingerprint density at radius 1 is 1.29 bits per heavy atom. The van der Waals surface area contributed by atoms with Gasteiger partial charge in [-0.15, -0.1) is 0 Å². The molecule has 0 fully saturated rings. The molecule has 0 aromatic carbocycles. The van der Waals surface area contributed by atoms with E-state index in [9.17, 15) is 19.5 Å². The van der Waals surface area contributed by atoms with E-state index in [0.717, 1.165) is 4.90 Å². The topological polar surface area (TPSA) is 83.9 Å². The first kappa shape index (κ1) is 15.6. The number of carbonyl (C=O) groups is 3. The molecular formula is C11H19NO5. The fourth-order valence-electron chi connectivity index (χ4n) is 1.04. The van der Waals surface area contributed by atoms with E-state index in [1.54, 1.807) is 13.8 Å². The van der Waals surface area contributed by atoms with Gasteiger partial charge in [0.1, 0.15) is 6.10 Å². The van der Waals surface area contributed by atoms with Crippen molar-refractivity contribution in [1.82, 2.24) is 4.90 Å². The molecule has 0 aliphatic rings. The molecule has 0 bridgehead atoms. The Bertz CT molecular complexity index is 324. The standard InChI is InChI=1S/C11H19NO5/c1-7(13)12(5)10(16)9(15)11(3,4)6-17-8(2)14/h9,15H,6H2,1-5H3/t9-/m0/s1. The molecule has 0 aliphatic heterocycles. The molecule has 6 nitrogen and oxygen atoms in total. The zero-order valence-electron chi connectivity index (χ0n) is 10.8. The lowest BCUT2D eigenvalue weighted by atomic mass is 9.86. The number of likely N-dealkylation sites (N-methyl/N-ethyl adjacent to an activating group) is 1. The Morgan fingerprint density at radius 2 is 1.76 bits per heavy atom. The van der Waals surface area contributed by atoms with Crippen LogP contribution in [0.25, 0.3) is 0 Å². The molecule has 0 spiro atoms. The van der Waals surface area contributed by atoms with Crippen molar-refractivity contribution in [1.29, 1.82) is 0 Å². The van der Waals surface area contributed by atoms with Gasteiger partial charge in [0.15, 0.2) is 0 Å². The summed E-state index contributed by atoms with van der Waals surface area (Å²) in [5.41, 5.74) is -0.952. The van der Waals surface area contributed by atoms with Crippen molar-refractivity contribution < 1.29 is 24.2 Å².